The Morgan fingerprint density at radius 1 is 1.07 bits per heavy atom. The molecule has 1 aliphatic rings. The van der Waals surface area contributed by atoms with Crippen LogP contribution in [0.5, 0.6) is 0 Å². The highest BCUT2D eigenvalue weighted by Crippen LogP contribution is 2.15. The number of pyridine rings is 1. The van der Waals surface area contributed by atoms with Gasteiger partial charge in [0.05, 0.1) is 37.6 Å². The van der Waals surface area contributed by atoms with Gasteiger partial charge < -0.3 is 23.9 Å². The molecule has 0 N–H and O–H groups in total. The van der Waals surface area contributed by atoms with E-state index in [0.29, 0.717) is 0 Å². The van der Waals surface area contributed by atoms with Crippen LogP contribution in [0.15, 0.2) is 12.1 Å². The number of esters is 2. The lowest BCUT2D eigenvalue weighted by Crippen LogP contribution is -2.34. The topological polar surface area (TPSA) is 140 Å². The third-order valence-electron chi connectivity index (χ3n) is 4.35. The average molecular weight is 386 g/mol. The van der Waals surface area contributed by atoms with Crippen molar-refractivity contribution < 1.29 is 38.8 Å². The Bertz CT molecular complexity index is 1260. The first-order valence-corrected chi connectivity index (χ1v) is 7.85. The summed E-state index contributed by atoms with van der Waals surface area (Å²) in [6.45, 7) is 0. The monoisotopic (exact) mass is 386 g/mol. The molecule has 2 heterocycles. The molecule has 1 radical (unpaired) electrons. The molecule has 0 saturated heterocycles. The molecule has 0 saturated carbocycles. The molecule has 0 unspecified atom stereocenters. The van der Waals surface area contributed by atoms with Crippen LogP contribution < -0.4 is 15.8 Å². The van der Waals surface area contributed by atoms with Crippen LogP contribution in [0, 0.1) is 10.6 Å². The molecule has 10 nitrogen and oxygen atoms in total. The number of nitrogens with zero attached hydrogens (tertiary/aromatic N) is 2. The maximum atomic E-state index is 12.6. The van der Waals surface area contributed by atoms with Gasteiger partial charge in [0.1, 0.15) is 11.0 Å². The Kier molecular flexibility index (Phi) is 4.55. The van der Waals surface area contributed by atoms with E-state index in [1.165, 1.54) is 24.8 Å². The molecule has 0 bridgehead atoms. The second-order valence-electron chi connectivity index (χ2n) is 5.76. The lowest BCUT2D eigenvalue weighted by Gasteiger charge is -2.16. The van der Waals surface area contributed by atoms with Crippen molar-refractivity contribution in [2.24, 2.45) is 7.05 Å². The standard InChI is InChI=1S/C18H15N2O8/c1-20-10(18(25)28-4)6-8-13(20)11-7(16(23)26-2)5-9(17(24)27-3)19-12(11)15(22)14(8)21/h5-6,22H,1-4H3/p-1. The molecule has 10 heteroatoms. The van der Waals surface area contributed by atoms with Gasteiger partial charge in [0, 0.05) is 17.8 Å². The summed E-state index contributed by atoms with van der Waals surface area (Å²) in [7, 11) is 4.85. The van der Waals surface area contributed by atoms with Crippen molar-refractivity contribution in [1.82, 2.24) is 9.55 Å². The van der Waals surface area contributed by atoms with Gasteiger partial charge in [0.25, 0.3) is 0 Å². The zero-order valence-corrected chi connectivity index (χ0v) is 15.3. The van der Waals surface area contributed by atoms with Gasteiger partial charge in [0.15, 0.2) is 5.78 Å². The van der Waals surface area contributed by atoms with Crippen LogP contribution >= 0.6 is 0 Å². The minimum absolute atomic E-state index is 0.00522. The summed E-state index contributed by atoms with van der Waals surface area (Å²) in [5, 5.41) is 24.3. The highest BCUT2D eigenvalue weighted by Gasteiger charge is 2.25. The number of carbonyl (C=O) groups excluding carboxylic acids is 3. The number of hydrogen-bond donors (Lipinski definition) is 0. The Hall–Kier alpha value is -3.82. The van der Waals surface area contributed by atoms with Crippen LogP contribution in [0.3, 0.4) is 0 Å². The number of Topliss-reactive ketones (excluding diaryl/α,β-unsaturated/α-hetero) is 1. The first-order valence-electron chi connectivity index (χ1n) is 7.85. The van der Waals surface area contributed by atoms with E-state index in [0.717, 1.165) is 20.3 Å². The fourth-order valence-corrected chi connectivity index (χ4v) is 3.04. The van der Waals surface area contributed by atoms with E-state index in [2.05, 4.69) is 14.5 Å². The Morgan fingerprint density at radius 2 is 1.71 bits per heavy atom. The number of aromatic nitrogens is 2. The summed E-state index contributed by atoms with van der Waals surface area (Å²) < 4.78 is 15.3. The summed E-state index contributed by atoms with van der Waals surface area (Å²) in [6.07, 6.45) is 0. The Balaban J connectivity index is 2.71. The zero-order chi connectivity index (χ0) is 20.7. The van der Waals surface area contributed by atoms with E-state index >= 15 is 0 Å². The van der Waals surface area contributed by atoms with Gasteiger partial charge in [-0.2, -0.15) is 0 Å². The van der Waals surface area contributed by atoms with E-state index < -0.39 is 34.8 Å². The van der Waals surface area contributed by atoms with Crippen LogP contribution in [-0.2, 0) is 26.4 Å². The van der Waals surface area contributed by atoms with Crippen molar-refractivity contribution in [2.75, 3.05) is 21.3 Å². The molecule has 0 spiro atoms. The summed E-state index contributed by atoms with van der Waals surface area (Å²) in [5.74, 6) is -4.46. The molecule has 1 aliphatic carbocycles. The molecule has 2 aromatic rings. The van der Waals surface area contributed by atoms with Gasteiger partial charge in [0.2, 0.25) is 0 Å². The number of methoxy groups -OCH3 is 3. The molecule has 145 valence electrons. The normalized spacial score (nSPS) is 13.4. The predicted octanol–water partition coefficient (Wildman–Crippen LogP) is -1.91. The molecule has 0 amide bonds. The van der Waals surface area contributed by atoms with Crippen molar-refractivity contribution in [3.63, 3.8) is 0 Å². The number of carbonyl (C=O) groups is 3. The van der Waals surface area contributed by atoms with Crippen LogP contribution in [0.2, 0.25) is 0 Å². The number of fused-ring (bicyclic) bond motifs is 2. The van der Waals surface area contributed by atoms with Crippen LogP contribution in [0.1, 0.15) is 31.2 Å². The number of hydrogen-bond acceptors (Lipinski definition) is 8. The van der Waals surface area contributed by atoms with Crippen molar-refractivity contribution in [3.05, 3.63) is 50.2 Å². The van der Waals surface area contributed by atoms with Crippen molar-refractivity contribution in [2.45, 2.75) is 0 Å². The van der Waals surface area contributed by atoms with Gasteiger partial charge in [-0.3, -0.25) is 4.79 Å². The summed E-state index contributed by atoms with van der Waals surface area (Å²) in [5.41, 5.74) is -0.598. The molecule has 0 atom stereocenters. The molecule has 0 fully saturated rings. The van der Waals surface area contributed by atoms with Gasteiger partial charge in [-0.25, -0.2) is 19.7 Å². The molecule has 2 aromatic heterocycles. The van der Waals surface area contributed by atoms with Gasteiger partial charge in [-0.15, -0.1) is 0 Å². The minimum Gasteiger partial charge on any atom is -0.868 e. The minimum atomic E-state index is -1.03. The zero-order valence-electron chi connectivity index (χ0n) is 15.3. The molecular weight excluding hydrogens is 372 g/mol. The highest BCUT2D eigenvalue weighted by molar-refractivity contribution is 6.21. The predicted molar refractivity (Wildman–Crippen MR) is 88.1 cm³/mol. The maximum absolute atomic E-state index is 12.6. The number of ketones is 1. The summed E-state index contributed by atoms with van der Waals surface area (Å²) in [4.78, 5) is 40.7. The third kappa shape index (κ3) is 2.57. The SMILES string of the molecule is COC(=O)c1cc(C(=O)OC)c2c(n1)=C([O-])C(=O)c1cc(=C([O])OC)n(C)c1=2. The highest BCUT2D eigenvalue weighted by atomic mass is 16.6. The van der Waals surface area contributed by atoms with Crippen molar-refractivity contribution in [1.29, 1.82) is 0 Å². The third-order valence-corrected chi connectivity index (χ3v) is 4.35. The molecule has 0 aromatic carbocycles. The van der Waals surface area contributed by atoms with E-state index in [1.54, 1.807) is 0 Å². The van der Waals surface area contributed by atoms with Crippen molar-refractivity contribution in [3.8, 4) is 0 Å². The van der Waals surface area contributed by atoms with E-state index in [9.17, 15) is 24.6 Å². The Labute approximate surface area is 157 Å². The summed E-state index contributed by atoms with van der Waals surface area (Å²) in [6, 6.07) is 2.31. The molecule has 3 rings (SSSR count). The van der Waals surface area contributed by atoms with Gasteiger partial charge in [-0.1, -0.05) is 0 Å². The first-order chi connectivity index (χ1) is 13.3. The smallest absolute Gasteiger partial charge is 0.356 e. The second kappa shape index (κ2) is 6.72. The fourth-order valence-electron chi connectivity index (χ4n) is 3.04. The lowest BCUT2D eigenvalue weighted by atomic mass is 10.0. The quantitative estimate of drug-likeness (QED) is 0.557. The first kappa shape index (κ1) is 19.0. The molecule has 28 heavy (non-hydrogen) atoms. The lowest BCUT2D eigenvalue weighted by molar-refractivity contribution is -0.243. The number of rotatable bonds is 3. The van der Waals surface area contributed by atoms with E-state index in [1.807, 2.05) is 0 Å². The van der Waals surface area contributed by atoms with Crippen LogP contribution in [-0.4, -0.2) is 48.6 Å². The molecule has 0 aliphatic heterocycles. The van der Waals surface area contributed by atoms with Gasteiger partial charge >= 0.3 is 17.9 Å². The second-order valence-corrected chi connectivity index (χ2v) is 5.76. The maximum Gasteiger partial charge on any atom is 0.356 e. The van der Waals surface area contributed by atoms with Gasteiger partial charge in [-0.05, 0) is 17.9 Å². The number of ether oxygens (including phenoxy) is 3. The van der Waals surface area contributed by atoms with E-state index in [-0.39, 0.29) is 32.7 Å². The fraction of sp³-hybridized carbons (Fsp3) is 0.222. The Morgan fingerprint density at radius 3 is 2.29 bits per heavy atom. The van der Waals surface area contributed by atoms with E-state index in [4.69, 9.17) is 4.74 Å². The van der Waals surface area contributed by atoms with Crippen LogP contribution in [0.25, 0.3) is 11.7 Å². The average Bonchev–Trinajstić information content (AvgIpc) is 3.06. The summed E-state index contributed by atoms with van der Waals surface area (Å²) >= 11 is 0. The largest absolute Gasteiger partial charge is 0.868 e. The van der Waals surface area contributed by atoms with Crippen LogP contribution in [0.4, 0.5) is 0 Å². The molecular formula is C18H14N2O8-. The van der Waals surface area contributed by atoms with Crippen molar-refractivity contribution >= 4 is 29.4 Å².